The molecule has 1 fully saturated rings. The number of halogens is 1. The highest BCUT2D eigenvalue weighted by Gasteiger charge is 2.25. The van der Waals surface area contributed by atoms with Gasteiger partial charge in [0.2, 0.25) is 5.91 Å². The van der Waals surface area contributed by atoms with E-state index in [1.165, 1.54) is 12.1 Å². The number of hydrogen-bond donors (Lipinski definition) is 1. The summed E-state index contributed by atoms with van der Waals surface area (Å²) in [6.07, 6.45) is -0.182. The largest absolute Gasteiger partial charge is 0.370 e. The van der Waals surface area contributed by atoms with E-state index in [9.17, 15) is 9.18 Å². The fraction of sp³-hybridized carbons (Fsp3) is 0.562. The summed E-state index contributed by atoms with van der Waals surface area (Å²) in [6, 6.07) is 6.25. The van der Waals surface area contributed by atoms with Crippen LogP contribution in [-0.2, 0) is 9.53 Å². The van der Waals surface area contributed by atoms with Crippen molar-refractivity contribution in [2.45, 2.75) is 32.4 Å². The van der Waals surface area contributed by atoms with Crippen molar-refractivity contribution in [2.24, 2.45) is 0 Å². The SMILES string of the molecule is CC(C)(C)NCC(=O)N1CCOC(c2ccc(F)cc2)C1. The zero-order valence-corrected chi connectivity index (χ0v) is 12.9. The molecule has 0 radical (unpaired) electrons. The first-order chi connectivity index (χ1) is 9.85. The third-order valence-electron chi connectivity index (χ3n) is 3.43. The second-order valence-corrected chi connectivity index (χ2v) is 6.35. The number of nitrogens with zero attached hydrogens (tertiary/aromatic N) is 1. The average molecular weight is 294 g/mol. The lowest BCUT2D eigenvalue weighted by Crippen LogP contribution is -2.48. The van der Waals surface area contributed by atoms with Gasteiger partial charge in [-0.05, 0) is 38.5 Å². The molecule has 0 aromatic heterocycles. The summed E-state index contributed by atoms with van der Waals surface area (Å²) < 4.78 is 18.7. The van der Waals surface area contributed by atoms with Crippen LogP contribution in [-0.4, -0.2) is 42.6 Å². The van der Waals surface area contributed by atoms with E-state index in [2.05, 4.69) is 5.32 Å². The van der Waals surface area contributed by atoms with Crippen LogP contribution in [0.15, 0.2) is 24.3 Å². The van der Waals surface area contributed by atoms with E-state index in [0.717, 1.165) is 5.56 Å². The standard InChI is InChI=1S/C16H23FN2O2/c1-16(2,3)18-10-15(20)19-8-9-21-14(11-19)12-4-6-13(17)7-5-12/h4-7,14,18H,8-11H2,1-3H3. The molecule has 1 aliphatic heterocycles. The first kappa shape index (κ1) is 15.9. The van der Waals surface area contributed by atoms with E-state index in [0.29, 0.717) is 26.2 Å². The lowest BCUT2D eigenvalue weighted by Gasteiger charge is -2.34. The van der Waals surface area contributed by atoms with Gasteiger partial charge in [0.15, 0.2) is 0 Å². The van der Waals surface area contributed by atoms with Crippen molar-refractivity contribution in [1.82, 2.24) is 10.2 Å². The van der Waals surface area contributed by atoms with Crippen molar-refractivity contribution < 1.29 is 13.9 Å². The Morgan fingerprint density at radius 2 is 2.05 bits per heavy atom. The molecule has 21 heavy (non-hydrogen) atoms. The van der Waals surface area contributed by atoms with Crippen molar-refractivity contribution >= 4 is 5.91 Å². The highest BCUT2D eigenvalue weighted by molar-refractivity contribution is 5.78. The Balaban J connectivity index is 1.94. The smallest absolute Gasteiger partial charge is 0.236 e. The number of ether oxygens (including phenoxy) is 1. The van der Waals surface area contributed by atoms with E-state index >= 15 is 0 Å². The minimum absolute atomic E-state index is 0.0698. The van der Waals surface area contributed by atoms with E-state index in [1.807, 2.05) is 20.8 Å². The first-order valence-electron chi connectivity index (χ1n) is 7.25. The topological polar surface area (TPSA) is 41.6 Å². The van der Waals surface area contributed by atoms with Crippen LogP contribution >= 0.6 is 0 Å². The molecule has 0 saturated carbocycles. The Bertz CT molecular complexity index is 482. The fourth-order valence-electron chi connectivity index (χ4n) is 2.21. The quantitative estimate of drug-likeness (QED) is 0.928. The molecule has 1 amide bonds. The third-order valence-corrected chi connectivity index (χ3v) is 3.43. The highest BCUT2D eigenvalue weighted by Crippen LogP contribution is 2.22. The molecule has 1 unspecified atom stereocenters. The monoisotopic (exact) mass is 294 g/mol. The van der Waals surface area contributed by atoms with Gasteiger partial charge in [0.1, 0.15) is 11.9 Å². The molecule has 0 bridgehead atoms. The molecule has 0 aliphatic carbocycles. The summed E-state index contributed by atoms with van der Waals surface area (Å²) in [4.78, 5) is 14.0. The number of amides is 1. The van der Waals surface area contributed by atoms with Gasteiger partial charge in [0.05, 0.1) is 19.7 Å². The van der Waals surface area contributed by atoms with Crippen LogP contribution in [0.1, 0.15) is 32.4 Å². The van der Waals surface area contributed by atoms with Crippen LogP contribution < -0.4 is 5.32 Å². The number of rotatable bonds is 3. The molecular formula is C16H23FN2O2. The lowest BCUT2D eigenvalue weighted by molar-refractivity contribution is -0.138. The van der Waals surface area contributed by atoms with Gasteiger partial charge in [-0.1, -0.05) is 12.1 Å². The summed E-state index contributed by atoms with van der Waals surface area (Å²) in [5.74, 6) is -0.197. The lowest BCUT2D eigenvalue weighted by atomic mass is 10.1. The molecule has 1 aromatic carbocycles. The van der Waals surface area contributed by atoms with E-state index in [4.69, 9.17) is 4.74 Å². The summed E-state index contributed by atoms with van der Waals surface area (Å²) in [5.41, 5.74) is 0.816. The van der Waals surface area contributed by atoms with Crippen LogP contribution in [0.25, 0.3) is 0 Å². The maximum Gasteiger partial charge on any atom is 0.236 e. The number of nitrogens with one attached hydrogen (secondary N) is 1. The molecule has 1 aromatic rings. The predicted molar refractivity (Wildman–Crippen MR) is 79.4 cm³/mol. The van der Waals surface area contributed by atoms with Crippen LogP contribution in [0.3, 0.4) is 0 Å². The molecule has 4 nitrogen and oxygen atoms in total. The second kappa shape index (κ2) is 6.54. The molecular weight excluding hydrogens is 271 g/mol. The summed E-state index contributed by atoms with van der Waals surface area (Å²) >= 11 is 0. The van der Waals surface area contributed by atoms with Crippen LogP contribution in [0, 0.1) is 5.82 Å². The van der Waals surface area contributed by atoms with Crippen LogP contribution in [0.4, 0.5) is 4.39 Å². The Morgan fingerprint density at radius 1 is 1.38 bits per heavy atom. The molecule has 1 atom stereocenters. The van der Waals surface area contributed by atoms with Crippen molar-refractivity contribution in [1.29, 1.82) is 0 Å². The molecule has 0 spiro atoms. The van der Waals surface area contributed by atoms with Crippen molar-refractivity contribution in [3.63, 3.8) is 0 Å². The maximum absolute atomic E-state index is 13.0. The van der Waals surface area contributed by atoms with E-state index < -0.39 is 0 Å². The van der Waals surface area contributed by atoms with Gasteiger partial charge < -0.3 is 15.0 Å². The van der Waals surface area contributed by atoms with E-state index in [1.54, 1.807) is 17.0 Å². The van der Waals surface area contributed by atoms with Gasteiger partial charge in [-0.3, -0.25) is 4.79 Å². The minimum atomic E-state index is -0.267. The average Bonchev–Trinajstić information content (AvgIpc) is 2.45. The van der Waals surface area contributed by atoms with E-state index in [-0.39, 0.29) is 23.4 Å². The van der Waals surface area contributed by atoms with Crippen LogP contribution in [0.5, 0.6) is 0 Å². The van der Waals surface area contributed by atoms with Gasteiger partial charge in [-0.15, -0.1) is 0 Å². The Kier molecular flexibility index (Phi) is 4.96. The third kappa shape index (κ3) is 4.79. The Hall–Kier alpha value is -1.46. The number of benzene rings is 1. The number of carbonyl (C=O) groups is 1. The van der Waals surface area contributed by atoms with Crippen molar-refractivity contribution in [3.8, 4) is 0 Å². The zero-order valence-electron chi connectivity index (χ0n) is 12.9. The Morgan fingerprint density at radius 3 is 2.67 bits per heavy atom. The summed E-state index contributed by atoms with van der Waals surface area (Å²) in [7, 11) is 0. The molecule has 116 valence electrons. The normalized spacial score (nSPS) is 19.6. The zero-order chi connectivity index (χ0) is 15.5. The number of hydrogen-bond acceptors (Lipinski definition) is 3. The maximum atomic E-state index is 13.0. The summed E-state index contributed by atoms with van der Waals surface area (Å²) in [6.45, 7) is 8.02. The number of carbonyl (C=O) groups excluding carboxylic acids is 1. The predicted octanol–water partition coefficient (Wildman–Crippen LogP) is 2.11. The van der Waals surface area contributed by atoms with Gasteiger partial charge in [0.25, 0.3) is 0 Å². The van der Waals surface area contributed by atoms with Gasteiger partial charge in [-0.25, -0.2) is 4.39 Å². The van der Waals surface area contributed by atoms with Gasteiger partial charge in [0, 0.05) is 12.1 Å². The van der Waals surface area contributed by atoms with Crippen molar-refractivity contribution in [2.75, 3.05) is 26.2 Å². The molecule has 1 heterocycles. The molecule has 1 N–H and O–H groups in total. The fourth-order valence-corrected chi connectivity index (χ4v) is 2.21. The van der Waals surface area contributed by atoms with Crippen molar-refractivity contribution in [3.05, 3.63) is 35.6 Å². The minimum Gasteiger partial charge on any atom is -0.370 e. The molecule has 2 rings (SSSR count). The molecule has 5 heteroatoms. The first-order valence-corrected chi connectivity index (χ1v) is 7.25. The molecule has 1 saturated heterocycles. The number of morpholine rings is 1. The Labute approximate surface area is 125 Å². The van der Waals surface area contributed by atoms with Gasteiger partial charge >= 0.3 is 0 Å². The second-order valence-electron chi connectivity index (χ2n) is 6.35. The van der Waals surface area contributed by atoms with Crippen LogP contribution in [0.2, 0.25) is 0 Å². The van der Waals surface area contributed by atoms with Gasteiger partial charge in [-0.2, -0.15) is 0 Å². The highest BCUT2D eigenvalue weighted by atomic mass is 19.1. The molecule has 1 aliphatic rings. The summed E-state index contributed by atoms with van der Waals surface area (Å²) in [5, 5.41) is 3.20.